The van der Waals surface area contributed by atoms with Crippen molar-refractivity contribution < 1.29 is 0 Å². The van der Waals surface area contributed by atoms with Gasteiger partial charge < -0.3 is 9.47 Å². The Balaban J connectivity index is 1.42. The maximum absolute atomic E-state index is 9.28. The van der Waals surface area contributed by atoms with Gasteiger partial charge in [-0.05, 0) is 78.4 Å². The smallest absolute Gasteiger partial charge is 0.0991 e. The Hall–Kier alpha value is -5.07. The van der Waals surface area contributed by atoms with E-state index in [1.165, 1.54) is 49.9 Å². The van der Waals surface area contributed by atoms with Gasteiger partial charge in [0, 0.05) is 45.3 Å². The van der Waals surface area contributed by atoms with Crippen molar-refractivity contribution in [3.05, 3.63) is 139 Å². The van der Waals surface area contributed by atoms with E-state index < -0.39 is 0 Å². The molecule has 3 heteroatoms. The van der Waals surface area contributed by atoms with Crippen LogP contribution in [-0.2, 0) is 0 Å². The second kappa shape index (κ2) is 10.2. The minimum atomic E-state index is 0.239. The van der Waals surface area contributed by atoms with Crippen molar-refractivity contribution in [1.82, 2.24) is 4.57 Å². The number of nitrogens with zero attached hydrogens (tertiary/aromatic N) is 3. The lowest BCUT2D eigenvalue weighted by molar-refractivity contribution is 0.500. The summed E-state index contributed by atoms with van der Waals surface area (Å²) < 4.78 is 2.57. The topological polar surface area (TPSA) is 32.0 Å². The molecule has 6 aromatic rings. The van der Waals surface area contributed by atoms with E-state index in [0.29, 0.717) is 5.56 Å². The van der Waals surface area contributed by atoms with Gasteiger partial charge in [-0.25, -0.2) is 0 Å². The van der Waals surface area contributed by atoms with Crippen molar-refractivity contribution in [3.8, 4) is 17.2 Å². The number of rotatable bonds is 3. The normalized spacial score (nSPS) is 15.4. The second-order valence-electron chi connectivity index (χ2n) is 11.0. The predicted molar refractivity (Wildman–Crippen MR) is 172 cm³/mol. The second-order valence-corrected chi connectivity index (χ2v) is 11.0. The zero-order valence-electron chi connectivity index (χ0n) is 23.2. The maximum Gasteiger partial charge on any atom is 0.0991 e. The Bertz CT molecular complexity index is 1920. The highest BCUT2D eigenvalue weighted by Gasteiger charge is 2.27. The van der Waals surface area contributed by atoms with Gasteiger partial charge in [0.2, 0.25) is 0 Å². The fourth-order valence-electron chi connectivity index (χ4n) is 6.49. The van der Waals surface area contributed by atoms with Crippen LogP contribution in [-0.4, -0.2) is 11.1 Å². The van der Waals surface area contributed by atoms with E-state index in [1.807, 2.05) is 24.3 Å². The molecule has 1 unspecified atom stereocenters. The average molecular weight is 530 g/mol. The summed E-state index contributed by atoms with van der Waals surface area (Å²) in [5, 5.41) is 11.9. The molecule has 1 aliphatic rings. The van der Waals surface area contributed by atoms with Crippen LogP contribution < -0.4 is 4.90 Å². The van der Waals surface area contributed by atoms with Crippen molar-refractivity contribution in [1.29, 1.82) is 5.26 Å². The molecule has 0 saturated carbocycles. The Kier molecular flexibility index (Phi) is 6.18. The summed E-state index contributed by atoms with van der Waals surface area (Å²) in [6.07, 6.45) is 1.95. The van der Waals surface area contributed by atoms with Gasteiger partial charge in [-0.2, -0.15) is 5.26 Å². The average Bonchev–Trinajstić information content (AvgIpc) is 3.35. The van der Waals surface area contributed by atoms with E-state index in [0.717, 1.165) is 30.5 Å². The predicted octanol–water partition coefficient (Wildman–Crippen LogP) is 9.83. The molecule has 0 aliphatic carbocycles. The molecule has 0 radical (unpaired) electrons. The lowest BCUT2D eigenvalue weighted by Crippen LogP contribution is -2.30. The molecule has 2 heterocycles. The van der Waals surface area contributed by atoms with Gasteiger partial charge in [0.15, 0.2) is 0 Å². The highest BCUT2D eigenvalue weighted by molar-refractivity contribution is 6.08. The Morgan fingerprint density at radius 1 is 0.732 bits per heavy atom. The van der Waals surface area contributed by atoms with Gasteiger partial charge in [-0.15, -0.1) is 0 Å². The molecule has 0 N–H and O–H groups in total. The van der Waals surface area contributed by atoms with Gasteiger partial charge in [0.25, 0.3) is 0 Å². The number of anilines is 2. The molecule has 0 amide bonds. The van der Waals surface area contributed by atoms with Gasteiger partial charge in [-0.1, -0.05) is 85.4 Å². The third-order valence-corrected chi connectivity index (χ3v) is 8.58. The van der Waals surface area contributed by atoms with E-state index >= 15 is 0 Å². The van der Waals surface area contributed by atoms with E-state index in [2.05, 4.69) is 120 Å². The van der Waals surface area contributed by atoms with Crippen LogP contribution in [0.25, 0.3) is 38.5 Å². The third kappa shape index (κ3) is 4.29. The molecular formula is C38H31N3. The number of para-hydroxylation sites is 3. The molecule has 7 rings (SSSR count). The lowest BCUT2D eigenvalue weighted by Gasteiger charge is -2.36. The summed E-state index contributed by atoms with van der Waals surface area (Å²) in [5.74, 6) is 0. The number of aromatic nitrogens is 1. The first-order valence-electron chi connectivity index (χ1n) is 14.3. The van der Waals surface area contributed by atoms with Gasteiger partial charge in [0.05, 0.1) is 17.7 Å². The summed E-state index contributed by atoms with van der Waals surface area (Å²) in [5.41, 5.74) is 11.5. The van der Waals surface area contributed by atoms with E-state index in [4.69, 9.17) is 0 Å². The molecule has 1 atom stereocenters. The summed E-state index contributed by atoms with van der Waals surface area (Å²) in [6, 6.07) is 43.3. The number of hydrogen-bond acceptors (Lipinski definition) is 2. The summed E-state index contributed by atoms with van der Waals surface area (Å²) in [6.45, 7) is 7.60. The molecule has 5 aromatic carbocycles. The minimum Gasteiger partial charge on any atom is -0.339 e. The molecule has 1 aliphatic heterocycles. The van der Waals surface area contributed by atoms with E-state index in [9.17, 15) is 5.26 Å². The molecule has 41 heavy (non-hydrogen) atoms. The fourth-order valence-corrected chi connectivity index (χ4v) is 6.49. The number of hydrogen-bond donors (Lipinski definition) is 0. The molecule has 1 aromatic heterocycles. The van der Waals surface area contributed by atoms with Crippen molar-refractivity contribution in [2.24, 2.45) is 0 Å². The highest BCUT2D eigenvalue weighted by Crippen LogP contribution is 2.43. The number of nitriles is 1. The van der Waals surface area contributed by atoms with Crippen LogP contribution in [0.1, 0.15) is 35.6 Å². The first-order valence-corrected chi connectivity index (χ1v) is 14.3. The van der Waals surface area contributed by atoms with Crippen LogP contribution in [0.2, 0.25) is 0 Å². The van der Waals surface area contributed by atoms with Crippen molar-refractivity contribution >= 4 is 38.8 Å². The minimum absolute atomic E-state index is 0.239. The summed E-state index contributed by atoms with van der Waals surface area (Å²) in [4.78, 5) is 2.51. The zero-order valence-corrected chi connectivity index (χ0v) is 23.2. The molecular weight excluding hydrogens is 498 g/mol. The largest absolute Gasteiger partial charge is 0.339 e. The first-order chi connectivity index (χ1) is 20.1. The molecule has 0 bridgehead atoms. The molecule has 0 saturated heterocycles. The maximum atomic E-state index is 9.28. The van der Waals surface area contributed by atoms with Gasteiger partial charge in [-0.3, -0.25) is 0 Å². The van der Waals surface area contributed by atoms with Gasteiger partial charge >= 0.3 is 0 Å². The quantitative estimate of drug-likeness (QED) is 0.228. The summed E-state index contributed by atoms with van der Waals surface area (Å²) in [7, 11) is 0. The Morgan fingerprint density at radius 2 is 1.37 bits per heavy atom. The number of aryl methyl sites for hydroxylation is 1. The molecule has 0 spiro atoms. The van der Waals surface area contributed by atoms with Crippen LogP contribution in [0, 0.1) is 18.3 Å². The Labute approximate surface area is 241 Å². The van der Waals surface area contributed by atoms with Crippen molar-refractivity contribution in [3.63, 3.8) is 0 Å². The lowest BCUT2D eigenvalue weighted by atomic mass is 9.93. The van der Waals surface area contributed by atoms with Crippen molar-refractivity contribution in [2.75, 3.05) is 11.4 Å². The third-order valence-electron chi connectivity index (χ3n) is 8.58. The standard InChI is InChI=1S/C38H31N3/c1-26-16-22-31(41-36-13-7-4-10-33(36)34-11-5-8-14-37(34)41)25-40(35-12-6-3-9-32(26)35)38-23-30(19-15-27(38)2)29-20-17-28(24-39)18-21-29/h3-15,17-21,23,31H,1,16,22,25H2,2H3. The molecule has 3 nitrogen and oxygen atoms in total. The van der Waals surface area contributed by atoms with Gasteiger partial charge in [0.1, 0.15) is 0 Å². The number of benzene rings is 5. The molecule has 0 fully saturated rings. The number of fused-ring (bicyclic) bond motifs is 4. The fraction of sp³-hybridized carbons (Fsp3) is 0.132. The van der Waals surface area contributed by atoms with Crippen LogP contribution >= 0.6 is 0 Å². The van der Waals surface area contributed by atoms with Crippen LogP contribution in [0.5, 0.6) is 0 Å². The van der Waals surface area contributed by atoms with Crippen LogP contribution in [0.15, 0.2) is 122 Å². The van der Waals surface area contributed by atoms with Crippen LogP contribution in [0.3, 0.4) is 0 Å². The highest BCUT2D eigenvalue weighted by atomic mass is 15.2. The summed E-state index contributed by atoms with van der Waals surface area (Å²) >= 11 is 0. The first kappa shape index (κ1) is 24.9. The monoisotopic (exact) mass is 529 g/mol. The number of allylic oxidation sites excluding steroid dienone is 1. The molecule has 198 valence electrons. The Morgan fingerprint density at radius 3 is 2.07 bits per heavy atom. The SMILES string of the molecule is C=C1CCC(n2c3ccccc3c3ccccc32)CN(c2cc(-c3ccc(C#N)cc3)ccc2C)c2ccccc21. The van der Waals surface area contributed by atoms with E-state index in [1.54, 1.807) is 0 Å². The van der Waals surface area contributed by atoms with Crippen LogP contribution in [0.4, 0.5) is 11.4 Å². The van der Waals surface area contributed by atoms with E-state index in [-0.39, 0.29) is 6.04 Å². The van der Waals surface area contributed by atoms with Crippen molar-refractivity contribution in [2.45, 2.75) is 25.8 Å². The zero-order chi connectivity index (χ0) is 27.9.